The number of nitrogens with one attached hydrogen (secondary N) is 1. The van der Waals surface area contributed by atoms with E-state index >= 15 is 0 Å². The van der Waals surface area contributed by atoms with E-state index in [1.54, 1.807) is 38.3 Å². The molecule has 1 N–H and O–H groups in total. The molecule has 2 amide bonds. The van der Waals surface area contributed by atoms with E-state index in [0.29, 0.717) is 36.1 Å². The Hall–Kier alpha value is -2.09. The number of hydrogen-bond acceptors (Lipinski definition) is 5. The fraction of sp³-hybridized carbons (Fsp3) is 0.444. The molecule has 1 unspecified atom stereocenters. The standard InChI is InChI=1S/C18H23ClN2O5/c1-12-15(17(22)26-11-10-25-3)16(13-4-6-14(19)7-5-13)20-18(23)21(12)8-9-24-2/h4-7,16H,8-11H2,1-3H3,(H,20,23). The van der Waals surface area contributed by atoms with Gasteiger partial charge in [0.05, 0.1) is 31.4 Å². The number of methoxy groups -OCH3 is 2. The second-order valence-corrected chi connectivity index (χ2v) is 6.14. The molecule has 1 aromatic carbocycles. The minimum atomic E-state index is -0.617. The molecule has 1 heterocycles. The number of carbonyl (C=O) groups is 2. The highest BCUT2D eigenvalue weighted by Gasteiger charge is 2.36. The van der Waals surface area contributed by atoms with Gasteiger partial charge in [0.1, 0.15) is 6.61 Å². The minimum absolute atomic E-state index is 0.130. The van der Waals surface area contributed by atoms with E-state index < -0.39 is 12.0 Å². The molecule has 1 aromatic rings. The van der Waals surface area contributed by atoms with Crippen LogP contribution in [0.25, 0.3) is 0 Å². The molecule has 0 aromatic heterocycles. The van der Waals surface area contributed by atoms with E-state index in [1.807, 2.05) is 0 Å². The highest BCUT2D eigenvalue weighted by molar-refractivity contribution is 6.30. The number of benzene rings is 1. The van der Waals surface area contributed by atoms with Gasteiger partial charge in [-0.2, -0.15) is 0 Å². The summed E-state index contributed by atoms with van der Waals surface area (Å²) in [6.07, 6.45) is 0. The number of esters is 1. The van der Waals surface area contributed by atoms with Crippen LogP contribution in [0.4, 0.5) is 4.79 Å². The Morgan fingerprint density at radius 3 is 2.42 bits per heavy atom. The largest absolute Gasteiger partial charge is 0.460 e. The number of hydrogen-bond donors (Lipinski definition) is 1. The molecule has 0 bridgehead atoms. The average molecular weight is 383 g/mol. The number of allylic oxidation sites excluding steroid dienone is 1. The lowest BCUT2D eigenvalue weighted by atomic mass is 9.95. The second kappa shape index (κ2) is 9.56. The van der Waals surface area contributed by atoms with Gasteiger partial charge in [0, 0.05) is 24.9 Å². The molecule has 7 nitrogen and oxygen atoms in total. The van der Waals surface area contributed by atoms with Crippen molar-refractivity contribution in [1.82, 2.24) is 10.2 Å². The molecule has 1 aliphatic heterocycles. The van der Waals surface area contributed by atoms with Crippen molar-refractivity contribution < 1.29 is 23.8 Å². The highest BCUT2D eigenvalue weighted by atomic mass is 35.5. The van der Waals surface area contributed by atoms with Gasteiger partial charge in [0.2, 0.25) is 0 Å². The second-order valence-electron chi connectivity index (χ2n) is 5.71. The fourth-order valence-corrected chi connectivity index (χ4v) is 2.82. The average Bonchev–Trinajstić information content (AvgIpc) is 2.62. The molecule has 26 heavy (non-hydrogen) atoms. The van der Waals surface area contributed by atoms with Crippen LogP contribution < -0.4 is 5.32 Å². The van der Waals surface area contributed by atoms with Crippen molar-refractivity contribution in [3.8, 4) is 0 Å². The Morgan fingerprint density at radius 2 is 1.81 bits per heavy atom. The van der Waals surface area contributed by atoms with E-state index in [2.05, 4.69) is 5.32 Å². The number of urea groups is 1. The quantitative estimate of drug-likeness (QED) is 0.552. The first kappa shape index (κ1) is 20.2. The smallest absolute Gasteiger partial charge is 0.338 e. The molecule has 0 spiro atoms. The topological polar surface area (TPSA) is 77.1 Å². The third-order valence-electron chi connectivity index (χ3n) is 4.06. The first-order valence-corrected chi connectivity index (χ1v) is 8.56. The van der Waals surface area contributed by atoms with Crippen molar-refractivity contribution in [3.05, 3.63) is 46.1 Å². The number of amides is 2. The number of carbonyl (C=O) groups excluding carboxylic acids is 2. The van der Waals surface area contributed by atoms with E-state index in [1.165, 1.54) is 12.0 Å². The maximum absolute atomic E-state index is 12.7. The molecule has 142 valence electrons. The molecule has 0 fully saturated rings. The van der Waals surface area contributed by atoms with Gasteiger partial charge >= 0.3 is 12.0 Å². The summed E-state index contributed by atoms with van der Waals surface area (Å²) in [5.74, 6) is -0.498. The Labute approximate surface area is 157 Å². The number of rotatable bonds is 8. The van der Waals surface area contributed by atoms with E-state index in [9.17, 15) is 9.59 Å². The van der Waals surface area contributed by atoms with Crippen molar-refractivity contribution in [2.75, 3.05) is 40.6 Å². The monoisotopic (exact) mass is 382 g/mol. The molecule has 0 radical (unpaired) electrons. The third-order valence-corrected chi connectivity index (χ3v) is 4.31. The van der Waals surface area contributed by atoms with Crippen LogP contribution >= 0.6 is 11.6 Å². The summed E-state index contributed by atoms with van der Waals surface area (Å²) in [7, 11) is 3.08. The summed E-state index contributed by atoms with van der Waals surface area (Å²) >= 11 is 5.94. The molecule has 0 saturated carbocycles. The van der Waals surface area contributed by atoms with Gasteiger partial charge in [-0.1, -0.05) is 23.7 Å². The normalized spacial score (nSPS) is 17.3. The molecule has 8 heteroatoms. The van der Waals surface area contributed by atoms with Crippen LogP contribution in [0.1, 0.15) is 18.5 Å². The Balaban J connectivity index is 2.38. The van der Waals surface area contributed by atoms with E-state index in [-0.39, 0.29) is 12.6 Å². The molecular weight excluding hydrogens is 360 g/mol. The van der Waals surface area contributed by atoms with Crippen LogP contribution in [-0.2, 0) is 19.0 Å². The summed E-state index contributed by atoms with van der Waals surface area (Å²) in [5, 5.41) is 3.43. The maximum Gasteiger partial charge on any atom is 0.338 e. The van der Waals surface area contributed by atoms with Crippen LogP contribution in [-0.4, -0.2) is 57.5 Å². The summed E-state index contributed by atoms with van der Waals surface area (Å²) in [5.41, 5.74) is 1.65. The van der Waals surface area contributed by atoms with Gasteiger partial charge in [-0.15, -0.1) is 0 Å². The number of nitrogens with zero attached hydrogens (tertiary/aromatic N) is 1. The lowest BCUT2D eigenvalue weighted by Crippen LogP contribution is -2.49. The Morgan fingerprint density at radius 1 is 1.15 bits per heavy atom. The zero-order valence-electron chi connectivity index (χ0n) is 15.1. The molecule has 1 aliphatic rings. The molecule has 1 atom stereocenters. The molecular formula is C18H23ClN2O5. The van der Waals surface area contributed by atoms with Gasteiger partial charge in [-0.3, -0.25) is 4.90 Å². The van der Waals surface area contributed by atoms with Crippen molar-refractivity contribution >= 4 is 23.6 Å². The number of ether oxygens (including phenoxy) is 3. The summed E-state index contributed by atoms with van der Waals surface area (Å²) < 4.78 is 15.3. The minimum Gasteiger partial charge on any atom is -0.460 e. The van der Waals surface area contributed by atoms with Crippen LogP contribution in [0.3, 0.4) is 0 Å². The first-order chi connectivity index (χ1) is 12.5. The SMILES string of the molecule is COCCOC(=O)C1=C(C)N(CCOC)C(=O)NC1c1ccc(Cl)cc1. The summed E-state index contributed by atoms with van der Waals surface area (Å²) in [6.45, 7) is 2.83. The van der Waals surface area contributed by atoms with Crippen molar-refractivity contribution in [3.63, 3.8) is 0 Å². The number of halogens is 1. The van der Waals surface area contributed by atoms with Crippen molar-refractivity contribution in [1.29, 1.82) is 0 Å². The fourth-order valence-electron chi connectivity index (χ4n) is 2.70. The lowest BCUT2D eigenvalue weighted by Gasteiger charge is -2.35. The van der Waals surface area contributed by atoms with Gasteiger partial charge in [-0.25, -0.2) is 9.59 Å². The van der Waals surface area contributed by atoms with Gasteiger partial charge in [0.15, 0.2) is 0 Å². The Kier molecular flexibility index (Phi) is 7.44. The van der Waals surface area contributed by atoms with Crippen molar-refractivity contribution in [2.45, 2.75) is 13.0 Å². The van der Waals surface area contributed by atoms with Crippen LogP contribution in [0, 0.1) is 0 Å². The molecule has 2 rings (SSSR count). The zero-order valence-corrected chi connectivity index (χ0v) is 15.8. The predicted molar refractivity (Wildman–Crippen MR) is 96.8 cm³/mol. The van der Waals surface area contributed by atoms with Crippen LogP contribution in [0.5, 0.6) is 0 Å². The van der Waals surface area contributed by atoms with Crippen LogP contribution in [0.15, 0.2) is 35.5 Å². The van der Waals surface area contributed by atoms with Gasteiger partial charge < -0.3 is 19.5 Å². The van der Waals surface area contributed by atoms with E-state index in [0.717, 1.165) is 5.56 Å². The van der Waals surface area contributed by atoms with Gasteiger partial charge in [0.25, 0.3) is 0 Å². The molecule has 0 saturated heterocycles. The van der Waals surface area contributed by atoms with Gasteiger partial charge in [-0.05, 0) is 24.6 Å². The molecule has 0 aliphatic carbocycles. The van der Waals surface area contributed by atoms with E-state index in [4.69, 9.17) is 25.8 Å². The highest BCUT2D eigenvalue weighted by Crippen LogP contribution is 2.31. The summed E-state index contributed by atoms with van der Waals surface area (Å²) in [4.78, 5) is 26.7. The van der Waals surface area contributed by atoms with Crippen molar-refractivity contribution in [2.24, 2.45) is 0 Å². The maximum atomic E-state index is 12.7. The first-order valence-electron chi connectivity index (χ1n) is 8.18. The predicted octanol–water partition coefficient (Wildman–Crippen LogP) is 2.52. The van der Waals surface area contributed by atoms with Crippen LogP contribution in [0.2, 0.25) is 5.02 Å². The summed E-state index contributed by atoms with van der Waals surface area (Å²) in [6, 6.07) is 6.05. The Bertz CT molecular complexity index is 675. The third kappa shape index (κ3) is 4.75. The lowest BCUT2D eigenvalue weighted by molar-refractivity contribution is -0.140. The zero-order chi connectivity index (χ0) is 19.1.